The lowest BCUT2D eigenvalue weighted by Crippen LogP contribution is -2.13. The highest BCUT2D eigenvalue weighted by molar-refractivity contribution is 7.15. The van der Waals surface area contributed by atoms with Gasteiger partial charge in [-0.3, -0.25) is 4.79 Å². The van der Waals surface area contributed by atoms with Crippen molar-refractivity contribution in [3.05, 3.63) is 69.8 Å². The number of amides is 1. The number of hydrogen-bond acceptors (Lipinski definition) is 4. The first-order chi connectivity index (χ1) is 13.9. The van der Waals surface area contributed by atoms with E-state index < -0.39 is 11.9 Å². The second-order valence-electron chi connectivity index (χ2n) is 7.25. The number of benzene rings is 1. The smallest absolute Gasteiger partial charge is 0.339 e. The number of para-hydroxylation sites is 1. The van der Waals surface area contributed by atoms with Crippen molar-refractivity contribution in [1.29, 1.82) is 0 Å². The number of rotatable bonds is 5. The monoisotopic (exact) mass is 407 g/mol. The summed E-state index contributed by atoms with van der Waals surface area (Å²) in [7, 11) is 0. The molecular formula is C23H21NO4S. The molecule has 3 aromatic rings. The van der Waals surface area contributed by atoms with Gasteiger partial charge in [0.05, 0.1) is 0 Å². The van der Waals surface area contributed by atoms with Gasteiger partial charge in [-0.15, -0.1) is 11.3 Å². The van der Waals surface area contributed by atoms with Crippen LogP contribution >= 0.6 is 11.3 Å². The van der Waals surface area contributed by atoms with Crippen LogP contribution in [-0.4, -0.2) is 17.0 Å². The summed E-state index contributed by atoms with van der Waals surface area (Å²) < 4.78 is 5.58. The van der Waals surface area contributed by atoms with Crippen LogP contribution in [0, 0.1) is 0 Å². The Morgan fingerprint density at radius 3 is 2.72 bits per heavy atom. The first-order valence-corrected chi connectivity index (χ1v) is 10.3. The number of carboxylic acids is 1. The largest absolute Gasteiger partial charge is 0.478 e. The number of allylic oxidation sites excluding steroid dienone is 4. The minimum absolute atomic E-state index is 0.115. The van der Waals surface area contributed by atoms with E-state index in [2.05, 4.69) is 18.3 Å². The van der Waals surface area contributed by atoms with E-state index in [9.17, 15) is 14.7 Å². The summed E-state index contributed by atoms with van der Waals surface area (Å²) in [4.78, 5) is 24.6. The highest BCUT2D eigenvalue weighted by Crippen LogP contribution is 2.36. The van der Waals surface area contributed by atoms with Crippen molar-refractivity contribution in [2.75, 3.05) is 5.32 Å². The van der Waals surface area contributed by atoms with Crippen molar-refractivity contribution < 1.29 is 19.1 Å². The van der Waals surface area contributed by atoms with Crippen LogP contribution in [0.15, 0.2) is 57.4 Å². The molecule has 0 fully saturated rings. The van der Waals surface area contributed by atoms with Crippen LogP contribution in [0.5, 0.6) is 0 Å². The summed E-state index contributed by atoms with van der Waals surface area (Å²) in [6.45, 7) is 4.04. The molecule has 0 spiro atoms. The molecule has 2 heterocycles. The number of fused-ring (bicyclic) bond motifs is 1. The van der Waals surface area contributed by atoms with E-state index in [4.69, 9.17) is 4.42 Å². The van der Waals surface area contributed by atoms with Crippen LogP contribution in [0.4, 0.5) is 5.00 Å². The zero-order chi connectivity index (χ0) is 20.5. The van der Waals surface area contributed by atoms with Gasteiger partial charge in [0.15, 0.2) is 5.76 Å². The number of hydrogen-bond donors (Lipinski definition) is 2. The maximum atomic E-state index is 12.6. The molecule has 0 saturated carbocycles. The van der Waals surface area contributed by atoms with Crippen LogP contribution in [0.1, 0.15) is 59.6 Å². The zero-order valence-electron chi connectivity index (χ0n) is 16.2. The van der Waals surface area contributed by atoms with Gasteiger partial charge in [0, 0.05) is 16.3 Å². The molecule has 1 aromatic carbocycles. The molecule has 0 aliphatic heterocycles. The van der Waals surface area contributed by atoms with E-state index >= 15 is 0 Å². The molecule has 0 radical (unpaired) electrons. The Morgan fingerprint density at radius 1 is 1.24 bits per heavy atom. The first kappa shape index (κ1) is 19.2. The third-order valence-electron chi connectivity index (χ3n) is 5.24. The molecule has 1 aliphatic carbocycles. The highest BCUT2D eigenvalue weighted by atomic mass is 32.1. The maximum absolute atomic E-state index is 12.6. The summed E-state index contributed by atoms with van der Waals surface area (Å²) >= 11 is 1.21. The topological polar surface area (TPSA) is 79.5 Å². The Labute approximate surface area is 172 Å². The van der Waals surface area contributed by atoms with Crippen molar-refractivity contribution in [1.82, 2.24) is 0 Å². The Balaban J connectivity index is 1.64. The number of carbonyl (C=O) groups is 2. The number of aromatic carboxylic acids is 1. The van der Waals surface area contributed by atoms with Gasteiger partial charge in [0.1, 0.15) is 16.1 Å². The molecule has 1 amide bonds. The maximum Gasteiger partial charge on any atom is 0.339 e. The Kier molecular flexibility index (Phi) is 5.11. The number of carboxylic acid groups (broad SMARTS) is 1. The van der Waals surface area contributed by atoms with Crippen LogP contribution in [0.2, 0.25) is 0 Å². The lowest BCUT2D eigenvalue weighted by atomic mass is 10.0. The van der Waals surface area contributed by atoms with Gasteiger partial charge in [0.2, 0.25) is 0 Å². The highest BCUT2D eigenvalue weighted by Gasteiger charge is 2.23. The van der Waals surface area contributed by atoms with Crippen LogP contribution < -0.4 is 5.32 Å². The SMILES string of the molecule is CC1=C(/C=C(\C)c2csc(NC(=O)c3cc4ccccc4o3)c2C(=O)O)CCC1. The summed E-state index contributed by atoms with van der Waals surface area (Å²) in [5, 5.41) is 15.4. The molecule has 5 nitrogen and oxygen atoms in total. The van der Waals surface area contributed by atoms with E-state index in [0.717, 1.165) is 30.2 Å². The lowest BCUT2D eigenvalue weighted by Gasteiger charge is -2.06. The van der Waals surface area contributed by atoms with Crippen molar-refractivity contribution in [3.63, 3.8) is 0 Å². The molecule has 29 heavy (non-hydrogen) atoms. The molecule has 148 valence electrons. The lowest BCUT2D eigenvalue weighted by molar-refractivity contribution is 0.0698. The summed E-state index contributed by atoms with van der Waals surface area (Å²) in [6, 6.07) is 8.99. The van der Waals surface area contributed by atoms with Gasteiger partial charge < -0.3 is 14.8 Å². The Hall–Kier alpha value is -3.12. The third-order valence-corrected chi connectivity index (χ3v) is 6.14. The van der Waals surface area contributed by atoms with E-state index in [1.165, 1.54) is 22.5 Å². The molecule has 0 atom stereocenters. The Morgan fingerprint density at radius 2 is 2.03 bits per heavy atom. The van der Waals surface area contributed by atoms with E-state index in [1.807, 2.05) is 25.1 Å². The van der Waals surface area contributed by atoms with Gasteiger partial charge in [0.25, 0.3) is 5.91 Å². The number of carbonyl (C=O) groups excluding carboxylic acids is 1. The van der Waals surface area contributed by atoms with Gasteiger partial charge in [-0.1, -0.05) is 29.8 Å². The molecule has 1 aliphatic rings. The summed E-state index contributed by atoms with van der Waals surface area (Å²) in [5.41, 5.74) is 4.88. The fourth-order valence-corrected chi connectivity index (χ4v) is 4.67. The fraction of sp³-hybridized carbons (Fsp3) is 0.217. The molecule has 0 unspecified atom stereocenters. The zero-order valence-corrected chi connectivity index (χ0v) is 17.1. The number of nitrogens with one attached hydrogen (secondary N) is 1. The van der Waals surface area contributed by atoms with Crippen molar-refractivity contribution in [2.45, 2.75) is 33.1 Å². The van der Waals surface area contributed by atoms with Gasteiger partial charge >= 0.3 is 5.97 Å². The minimum atomic E-state index is -1.06. The van der Waals surface area contributed by atoms with Crippen molar-refractivity contribution >= 4 is 44.8 Å². The molecule has 0 saturated heterocycles. The first-order valence-electron chi connectivity index (χ1n) is 9.46. The quantitative estimate of drug-likeness (QED) is 0.516. The van der Waals surface area contributed by atoms with Gasteiger partial charge in [-0.05, 0) is 56.4 Å². The van der Waals surface area contributed by atoms with Crippen LogP contribution in [0.3, 0.4) is 0 Å². The predicted molar refractivity (Wildman–Crippen MR) is 116 cm³/mol. The second-order valence-corrected chi connectivity index (χ2v) is 8.13. The van der Waals surface area contributed by atoms with Crippen molar-refractivity contribution in [3.8, 4) is 0 Å². The molecule has 2 N–H and O–H groups in total. The van der Waals surface area contributed by atoms with E-state index in [1.54, 1.807) is 17.5 Å². The second kappa shape index (κ2) is 7.72. The molecule has 4 rings (SSSR count). The predicted octanol–water partition coefficient (Wildman–Crippen LogP) is 6.35. The summed E-state index contributed by atoms with van der Waals surface area (Å²) in [5.74, 6) is -1.38. The molecular weight excluding hydrogens is 386 g/mol. The molecule has 0 bridgehead atoms. The number of thiophene rings is 1. The van der Waals surface area contributed by atoms with E-state index in [0.29, 0.717) is 16.1 Å². The third kappa shape index (κ3) is 3.76. The number of anilines is 1. The average Bonchev–Trinajstić information content (AvgIpc) is 3.40. The van der Waals surface area contributed by atoms with Gasteiger partial charge in [-0.25, -0.2) is 4.79 Å². The van der Waals surface area contributed by atoms with Crippen LogP contribution in [-0.2, 0) is 0 Å². The Bertz CT molecular complexity index is 1150. The standard InChI is InChI=1S/C23H21NO4S/c1-13-6-5-8-15(13)10-14(2)17-12-29-22(20(17)23(26)27)24-21(25)19-11-16-7-3-4-9-18(16)28-19/h3-4,7,9-12H,5-6,8H2,1-2H3,(H,24,25)(H,26,27)/b14-10+. The van der Waals surface area contributed by atoms with Gasteiger partial charge in [-0.2, -0.15) is 0 Å². The fourth-order valence-electron chi connectivity index (χ4n) is 3.66. The van der Waals surface area contributed by atoms with E-state index in [-0.39, 0.29) is 11.3 Å². The summed E-state index contributed by atoms with van der Waals surface area (Å²) in [6.07, 6.45) is 5.32. The normalized spacial score (nSPS) is 14.6. The minimum Gasteiger partial charge on any atom is -0.478 e. The average molecular weight is 407 g/mol. The molecule has 2 aromatic heterocycles. The van der Waals surface area contributed by atoms with Crippen molar-refractivity contribution in [2.24, 2.45) is 0 Å². The molecule has 6 heteroatoms. The number of furan rings is 1. The van der Waals surface area contributed by atoms with Crippen LogP contribution in [0.25, 0.3) is 16.5 Å².